The minimum atomic E-state index is -4.18. The van der Waals surface area contributed by atoms with Gasteiger partial charge in [-0.05, 0) is 68.9 Å². The van der Waals surface area contributed by atoms with Crippen LogP contribution in [0.3, 0.4) is 0 Å². The molecule has 1 saturated heterocycles. The van der Waals surface area contributed by atoms with Crippen LogP contribution in [-0.4, -0.2) is 47.4 Å². The third-order valence-electron chi connectivity index (χ3n) is 6.72. The fourth-order valence-corrected chi connectivity index (χ4v) is 6.44. The third kappa shape index (κ3) is 5.80. The van der Waals surface area contributed by atoms with E-state index in [1.54, 1.807) is 6.07 Å². The first-order valence-electron chi connectivity index (χ1n) is 11.5. The van der Waals surface area contributed by atoms with Gasteiger partial charge in [0.05, 0.1) is 23.1 Å². The number of carbonyl (C=O) groups is 1. The molecule has 1 aromatic carbocycles. The highest BCUT2D eigenvalue weighted by Crippen LogP contribution is 2.42. The highest BCUT2D eigenvalue weighted by Gasteiger charge is 2.42. The molecule has 1 atom stereocenters. The van der Waals surface area contributed by atoms with Gasteiger partial charge in [0.15, 0.2) is 0 Å². The Labute approximate surface area is 201 Å². The van der Waals surface area contributed by atoms with Gasteiger partial charge >= 0.3 is 6.18 Å². The lowest BCUT2D eigenvalue weighted by atomic mass is 9.80. The highest BCUT2D eigenvalue weighted by atomic mass is 32.2. The minimum absolute atomic E-state index is 0.0349. The molecule has 1 saturated carbocycles. The van der Waals surface area contributed by atoms with Gasteiger partial charge in [-0.15, -0.1) is 0 Å². The van der Waals surface area contributed by atoms with Crippen molar-refractivity contribution in [1.29, 1.82) is 0 Å². The van der Waals surface area contributed by atoms with Gasteiger partial charge < -0.3 is 5.32 Å². The summed E-state index contributed by atoms with van der Waals surface area (Å²) in [5.41, 5.74) is 1.14. The second-order valence-corrected chi connectivity index (χ2v) is 10.9. The quantitative estimate of drug-likeness (QED) is 0.590. The van der Waals surface area contributed by atoms with Crippen LogP contribution in [0.25, 0.3) is 0 Å². The van der Waals surface area contributed by atoms with Crippen molar-refractivity contribution in [1.82, 2.24) is 19.6 Å². The lowest BCUT2D eigenvalue weighted by Gasteiger charge is -2.29. The Bertz CT molecular complexity index is 1150. The first-order valence-corrected chi connectivity index (χ1v) is 12.9. The van der Waals surface area contributed by atoms with Gasteiger partial charge in [-0.1, -0.05) is 0 Å². The van der Waals surface area contributed by atoms with Crippen molar-refractivity contribution in [2.24, 2.45) is 5.92 Å². The maximum Gasteiger partial charge on any atom is 0.391 e. The molecular formula is C23H26F4N4O3S. The summed E-state index contributed by atoms with van der Waals surface area (Å²) in [4.78, 5) is 21.1. The Kier molecular flexibility index (Phi) is 7.41. The van der Waals surface area contributed by atoms with E-state index in [-0.39, 0.29) is 36.7 Å². The molecule has 35 heavy (non-hydrogen) atoms. The predicted octanol–water partition coefficient (Wildman–Crippen LogP) is 3.92. The van der Waals surface area contributed by atoms with E-state index in [1.807, 2.05) is 0 Å². The van der Waals surface area contributed by atoms with Crippen molar-refractivity contribution in [3.63, 3.8) is 0 Å². The largest absolute Gasteiger partial charge is 0.391 e. The zero-order valence-electron chi connectivity index (χ0n) is 18.8. The fourth-order valence-electron chi connectivity index (χ4n) is 4.78. The van der Waals surface area contributed by atoms with Crippen LogP contribution in [-0.2, 0) is 21.4 Å². The SMILES string of the molecule is O=C(NCc1cc(C2CCC(C(F)(F)F)CC2)ncn1)[C@@H]1CCCN1S(=O)(=O)c1ccc(F)cc1. The van der Waals surface area contributed by atoms with Gasteiger partial charge in [-0.3, -0.25) is 4.79 Å². The lowest BCUT2D eigenvalue weighted by molar-refractivity contribution is -0.182. The maximum atomic E-state index is 13.2. The molecule has 1 aliphatic carbocycles. The molecule has 190 valence electrons. The number of aromatic nitrogens is 2. The number of rotatable bonds is 6. The number of benzene rings is 1. The maximum absolute atomic E-state index is 13.2. The third-order valence-corrected chi connectivity index (χ3v) is 8.65. The topological polar surface area (TPSA) is 92.3 Å². The molecule has 0 spiro atoms. The van der Waals surface area contributed by atoms with Crippen LogP contribution >= 0.6 is 0 Å². The van der Waals surface area contributed by atoms with Gasteiger partial charge in [0.2, 0.25) is 15.9 Å². The first-order chi connectivity index (χ1) is 16.6. The lowest BCUT2D eigenvalue weighted by Crippen LogP contribution is -2.45. The monoisotopic (exact) mass is 514 g/mol. The zero-order chi connectivity index (χ0) is 25.2. The van der Waals surface area contributed by atoms with Crippen LogP contribution in [0.2, 0.25) is 0 Å². The number of sulfonamides is 1. The van der Waals surface area contributed by atoms with Crippen molar-refractivity contribution in [3.8, 4) is 0 Å². The summed E-state index contributed by atoms with van der Waals surface area (Å²) in [5.74, 6) is -2.41. The number of hydrogen-bond acceptors (Lipinski definition) is 5. The van der Waals surface area contributed by atoms with Crippen molar-refractivity contribution < 1.29 is 30.8 Å². The van der Waals surface area contributed by atoms with Crippen LogP contribution in [0.4, 0.5) is 17.6 Å². The summed E-state index contributed by atoms with van der Waals surface area (Å²) in [6.45, 7) is 0.212. The van der Waals surface area contributed by atoms with E-state index in [2.05, 4.69) is 15.3 Å². The van der Waals surface area contributed by atoms with Gasteiger partial charge in [0, 0.05) is 18.2 Å². The molecule has 1 N–H and O–H groups in total. The van der Waals surface area contributed by atoms with E-state index in [0.29, 0.717) is 37.1 Å². The predicted molar refractivity (Wildman–Crippen MR) is 118 cm³/mol. The molecule has 0 radical (unpaired) electrons. The Morgan fingerprint density at radius 2 is 1.74 bits per heavy atom. The molecule has 2 aliphatic rings. The summed E-state index contributed by atoms with van der Waals surface area (Å²) in [5, 5.41) is 2.72. The molecule has 2 fully saturated rings. The molecular weight excluding hydrogens is 488 g/mol. The number of amides is 1. The number of carbonyl (C=O) groups excluding carboxylic acids is 1. The second-order valence-electron chi connectivity index (χ2n) is 8.97. The average Bonchev–Trinajstić information content (AvgIpc) is 3.34. The average molecular weight is 515 g/mol. The van der Waals surface area contributed by atoms with Crippen LogP contribution in [0.5, 0.6) is 0 Å². The molecule has 1 amide bonds. The summed E-state index contributed by atoms with van der Waals surface area (Å²) < 4.78 is 79.1. The Morgan fingerprint density at radius 3 is 2.40 bits per heavy atom. The summed E-state index contributed by atoms with van der Waals surface area (Å²) in [7, 11) is -3.97. The first kappa shape index (κ1) is 25.5. The molecule has 0 bridgehead atoms. The Hall–Kier alpha value is -2.60. The standard InChI is InChI=1S/C23H26F4N4O3S/c24-17-7-9-19(10-8-17)35(33,34)31-11-1-2-21(31)22(32)28-13-18-12-20(30-14-29-18)15-3-5-16(6-4-15)23(25,26)27/h7-10,12,14-16,21H,1-6,11,13H2,(H,28,32)/t15?,16?,21-/m0/s1. The van der Waals surface area contributed by atoms with Crippen LogP contribution in [0, 0.1) is 11.7 Å². The summed E-state index contributed by atoms with van der Waals surface area (Å²) in [6, 6.07) is 5.23. The van der Waals surface area contributed by atoms with E-state index in [1.165, 1.54) is 18.5 Å². The second kappa shape index (κ2) is 10.2. The van der Waals surface area contributed by atoms with Crippen LogP contribution in [0.1, 0.15) is 55.8 Å². The highest BCUT2D eigenvalue weighted by molar-refractivity contribution is 7.89. The smallest absolute Gasteiger partial charge is 0.349 e. The minimum Gasteiger partial charge on any atom is -0.349 e. The number of halogens is 4. The van der Waals surface area contributed by atoms with E-state index in [4.69, 9.17) is 0 Å². The van der Waals surface area contributed by atoms with E-state index < -0.39 is 39.9 Å². The van der Waals surface area contributed by atoms with E-state index in [0.717, 1.165) is 16.4 Å². The molecule has 2 aromatic rings. The number of hydrogen-bond donors (Lipinski definition) is 1. The molecule has 2 heterocycles. The van der Waals surface area contributed by atoms with Gasteiger partial charge in [0.1, 0.15) is 18.2 Å². The number of nitrogens with zero attached hydrogens (tertiary/aromatic N) is 3. The van der Waals surface area contributed by atoms with Crippen molar-refractivity contribution >= 4 is 15.9 Å². The van der Waals surface area contributed by atoms with Gasteiger partial charge in [0.25, 0.3) is 0 Å². The van der Waals surface area contributed by atoms with E-state index in [9.17, 15) is 30.8 Å². The van der Waals surface area contributed by atoms with Gasteiger partial charge in [-0.25, -0.2) is 22.8 Å². The van der Waals surface area contributed by atoms with E-state index >= 15 is 0 Å². The molecule has 12 heteroatoms. The molecule has 7 nitrogen and oxygen atoms in total. The molecule has 4 rings (SSSR count). The van der Waals surface area contributed by atoms with Crippen LogP contribution in [0.15, 0.2) is 41.6 Å². The van der Waals surface area contributed by atoms with Crippen molar-refractivity contribution in [3.05, 3.63) is 53.9 Å². The summed E-state index contributed by atoms with van der Waals surface area (Å²) in [6.07, 6.45) is -1.11. The van der Waals surface area contributed by atoms with Gasteiger partial charge in [-0.2, -0.15) is 17.5 Å². The zero-order valence-corrected chi connectivity index (χ0v) is 19.7. The number of alkyl halides is 3. The number of nitrogens with one attached hydrogen (secondary N) is 1. The molecule has 1 aliphatic heterocycles. The fraction of sp³-hybridized carbons (Fsp3) is 0.522. The normalized spacial score (nSPS) is 23.8. The van der Waals surface area contributed by atoms with Crippen LogP contribution < -0.4 is 5.32 Å². The molecule has 0 unspecified atom stereocenters. The van der Waals surface area contributed by atoms with Crippen molar-refractivity contribution in [2.75, 3.05) is 6.54 Å². The van der Waals surface area contributed by atoms with Crippen molar-refractivity contribution in [2.45, 2.75) is 68.1 Å². The molecule has 1 aromatic heterocycles. The Balaban J connectivity index is 1.37. The Morgan fingerprint density at radius 1 is 1.06 bits per heavy atom. The summed E-state index contributed by atoms with van der Waals surface area (Å²) >= 11 is 0.